The number of carbonyl (C=O) groups is 1. The Morgan fingerprint density at radius 3 is 2.44 bits per heavy atom. The zero-order valence-corrected chi connectivity index (χ0v) is 5.03. The Bertz CT molecular complexity index is 205. The van der Waals surface area contributed by atoms with Gasteiger partial charge in [0.1, 0.15) is 0 Å². The summed E-state index contributed by atoms with van der Waals surface area (Å²) in [4.78, 5) is 17.4. The highest BCUT2D eigenvalue weighted by Crippen LogP contribution is 1.89. The molecule has 0 fully saturated rings. The molecule has 0 aliphatic heterocycles. The van der Waals surface area contributed by atoms with E-state index in [1.54, 1.807) is 12.4 Å². The number of hydrogen-bond donors (Lipinski definition) is 0. The molecule has 0 unspecified atom stereocenters. The summed E-state index contributed by atoms with van der Waals surface area (Å²) in [6.45, 7) is 1.87. The van der Waals surface area contributed by atoms with E-state index in [2.05, 4.69) is 9.97 Å². The van der Waals surface area contributed by atoms with Crippen LogP contribution in [-0.4, -0.2) is 16.3 Å². The van der Waals surface area contributed by atoms with E-state index in [1.807, 2.05) is 6.92 Å². The van der Waals surface area contributed by atoms with Crippen LogP contribution >= 0.6 is 0 Å². The fraction of sp³-hybridized carbons (Fsp3) is 0.167. The number of rotatable bonds is 1. The number of nitrogens with zero attached hydrogens (tertiary/aromatic N) is 2. The number of aromatic nitrogens is 2. The van der Waals surface area contributed by atoms with Gasteiger partial charge in [-0.2, -0.15) is 0 Å². The second-order valence-electron chi connectivity index (χ2n) is 1.74. The van der Waals surface area contributed by atoms with Gasteiger partial charge in [-0.05, 0) is 12.5 Å². The molecule has 1 rings (SSSR count). The van der Waals surface area contributed by atoms with Gasteiger partial charge >= 0.3 is 0 Å². The highest BCUT2D eigenvalue weighted by atomic mass is 16.1. The third-order valence-electron chi connectivity index (χ3n) is 0.906. The molecule has 0 saturated heterocycles. The third-order valence-corrected chi connectivity index (χ3v) is 0.906. The van der Waals surface area contributed by atoms with Crippen LogP contribution < -0.4 is 0 Å². The first-order chi connectivity index (χ1) is 4.33. The molecule has 0 radical (unpaired) electrons. The van der Waals surface area contributed by atoms with Gasteiger partial charge in [-0.15, -0.1) is 0 Å². The van der Waals surface area contributed by atoms with Crippen molar-refractivity contribution in [2.75, 3.05) is 0 Å². The standard InChI is InChI=1S/C6H6N2O/c1-5-2-7-6(4-9)8-3-5/h2-4H,1H3. The average molecular weight is 122 g/mol. The van der Waals surface area contributed by atoms with Crippen molar-refractivity contribution in [2.24, 2.45) is 0 Å². The van der Waals surface area contributed by atoms with E-state index < -0.39 is 0 Å². The molecule has 0 atom stereocenters. The Balaban J connectivity index is 3.01. The predicted octanol–water partition coefficient (Wildman–Crippen LogP) is 0.598. The van der Waals surface area contributed by atoms with Crippen LogP contribution in [0.5, 0.6) is 0 Å². The number of aryl methyl sites for hydroxylation is 1. The van der Waals surface area contributed by atoms with Crippen LogP contribution in [0.15, 0.2) is 12.4 Å². The van der Waals surface area contributed by atoms with Gasteiger partial charge in [0.25, 0.3) is 0 Å². The predicted molar refractivity (Wildman–Crippen MR) is 32.2 cm³/mol. The Kier molecular flexibility index (Phi) is 1.53. The molecule has 0 saturated carbocycles. The fourth-order valence-corrected chi connectivity index (χ4v) is 0.463. The van der Waals surface area contributed by atoms with Crippen molar-refractivity contribution in [3.05, 3.63) is 23.8 Å². The minimum Gasteiger partial charge on any atom is -0.294 e. The number of aldehydes is 1. The van der Waals surface area contributed by atoms with Crippen molar-refractivity contribution in [3.8, 4) is 0 Å². The minimum atomic E-state index is 0.237. The van der Waals surface area contributed by atoms with Gasteiger partial charge in [0.2, 0.25) is 0 Å². The summed E-state index contributed by atoms with van der Waals surface area (Å²) in [6.07, 6.45) is 3.84. The minimum absolute atomic E-state index is 0.237. The van der Waals surface area contributed by atoms with E-state index in [4.69, 9.17) is 0 Å². The van der Waals surface area contributed by atoms with Crippen molar-refractivity contribution >= 4 is 6.29 Å². The van der Waals surface area contributed by atoms with Crippen LogP contribution in [0.3, 0.4) is 0 Å². The van der Waals surface area contributed by atoms with Crippen molar-refractivity contribution in [2.45, 2.75) is 6.92 Å². The first kappa shape index (κ1) is 5.88. The summed E-state index contributed by atoms with van der Waals surface area (Å²) >= 11 is 0. The van der Waals surface area contributed by atoms with Crippen LogP contribution in [0.25, 0.3) is 0 Å². The lowest BCUT2D eigenvalue weighted by atomic mass is 10.4. The highest BCUT2D eigenvalue weighted by molar-refractivity contribution is 5.68. The lowest BCUT2D eigenvalue weighted by molar-refractivity contribution is 0.111. The van der Waals surface area contributed by atoms with E-state index in [-0.39, 0.29) is 5.82 Å². The van der Waals surface area contributed by atoms with Gasteiger partial charge in [0, 0.05) is 12.4 Å². The lowest BCUT2D eigenvalue weighted by Gasteiger charge is -1.87. The first-order valence-corrected chi connectivity index (χ1v) is 2.57. The quantitative estimate of drug-likeness (QED) is 0.512. The van der Waals surface area contributed by atoms with Gasteiger partial charge in [-0.25, -0.2) is 9.97 Å². The Morgan fingerprint density at radius 2 is 2.00 bits per heavy atom. The van der Waals surface area contributed by atoms with Crippen molar-refractivity contribution in [1.29, 1.82) is 0 Å². The smallest absolute Gasteiger partial charge is 0.192 e. The van der Waals surface area contributed by atoms with Crippen LogP contribution in [0, 0.1) is 6.92 Å². The molecule has 46 valence electrons. The molecule has 9 heavy (non-hydrogen) atoms. The summed E-state index contributed by atoms with van der Waals surface area (Å²) in [5.41, 5.74) is 0.959. The first-order valence-electron chi connectivity index (χ1n) is 2.57. The maximum atomic E-state index is 9.99. The topological polar surface area (TPSA) is 42.9 Å². The van der Waals surface area contributed by atoms with E-state index in [0.717, 1.165) is 5.56 Å². The average Bonchev–Trinajstić information content (AvgIpc) is 1.90. The highest BCUT2D eigenvalue weighted by Gasteiger charge is 1.88. The second-order valence-corrected chi connectivity index (χ2v) is 1.74. The molecule has 1 heterocycles. The lowest BCUT2D eigenvalue weighted by Crippen LogP contribution is -1.90. The van der Waals surface area contributed by atoms with Crippen LogP contribution in [0.2, 0.25) is 0 Å². The zero-order valence-electron chi connectivity index (χ0n) is 5.03. The van der Waals surface area contributed by atoms with Crippen molar-refractivity contribution < 1.29 is 4.79 Å². The molecule has 0 spiro atoms. The fourth-order valence-electron chi connectivity index (χ4n) is 0.463. The van der Waals surface area contributed by atoms with E-state index in [9.17, 15) is 4.79 Å². The number of hydrogen-bond acceptors (Lipinski definition) is 3. The maximum Gasteiger partial charge on any atom is 0.192 e. The van der Waals surface area contributed by atoms with Crippen molar-refractivity contribution in [3.63, 3.8) is 0 Å². The molecule has 3 heteroatoms. The van der Waals surface area contributed by atoms with Gasteiger partial charge in [0.05, 0.1) is 0 Å². The van der Waals surface area contributed by atoms with E-state index in [1.165, 1.54) is 0 Å². The molecular formula is C6H6N2O. The van der Waals surface area contributed by atoms with Gasteiger partial charge in [-0.1, -0.05) is 0 Å². The van der Waals surface area contributed by atoms with Crippen LogP contribution in [-0.2, 0) is 0 Å². The molecule has 0 aliphatic rings. The summed E-state index contributed by atoms with van der Waals surface area (Å²) in [5.74, 6) is 0.237. The third kappa shape index (κ3) is 1.32. The molecule has 0 aromatic carbocycles. The Hall–Kier alpha value is -1.25. The molecule has 0 amide bonds. The van der Waals surface area contributed by atoms with Crippen LogP contribution in [0.1, 0.15) is 16.2 Å². The molecule has 0 aliphatic carbocycles. The Labute approximate surface area is 52.8 Å². The summed E-state index contributed by atoms with van der Waals surface area (Å²) in [6, 6.07) is 0. The van der Waals surface area contributed by atoms with Gasteiger partial charge in [-0.3, -0.25) is 4.79 Å². The maximum absolute atomic E-state index is 9.99. The number of carbonyl (C=O) groups excluding carboxylic acids is 1. The largest absolute Gasteiger partial charge is 0.294 e. The molecule has 1 aromatic heterocycles. The van der Waals surface area contributed by atoms with E-state index in [0.29, 0.717) is 6.29 Å². The molecule has 3 nitrogen and oxygen atoms in total. The normalized spacial score (nSPS) is 9.00. The summed E-state index contributed by atoms with van der Waals surface area (Å²) in [7, 11) is 0. The zero-order chi connectivity index (χ0) is 6.69. The summed E-state index contributed by atoms with van der Waals surface area (Å²) < 4.78 is 0. The molecule has 0 N–H and O–H groups in total. The summed E-state index contributed by atoms with van der Waals surface area (Å²) in [5, 5.41) is 0. The molecule has 1 aromatic rings. The van der Waals surface area contributed by atoms with Gasteiger partial charge in [0.15, 0.2) is 12.1 Å². The molecule has 0 bridgehead atoms. The molecular weight excluding hydrogens is 116 g/mol. The van der Waals surface area contributed by atoms with Crippen LogP contribution in [0.4, 0.5) is 0 Å². The SMILES string of the molecule is Cc1cnc(C=O)nc1. The second kappa shape index (κ2) is 2.35. The Morgan fingerprint density at radius 1 is 1.44 bits per heavy atom. The monoisotopic (exact) mass is 122 g/mol. The van der Waals surface area contributed by atoms with Gasteiger partial charge < -0.3 is 0 Å². The van der Waals surface area contributed by atoms with Crippen molar-refractivity contribution in [1.82, 2.24) is 9.97 Å². The van der Waals surface area contributed by atoms with E-state index >= 15 is 0 Å².